The van der Waals surface area contributed by atoms with E-state index < -0.39 is 0 Å². The molecule has 0 bridgehead atoms. The van der Waals surface area contributed by atoms with Crippen LogP contribution in [0.1, 0.15) is 25.1 Å². The van der Waals surface area contributed by atoms with Crippen LogP contribution in [0.4, 0.5) is 5.82 Å². The molecule has 0 radical (unpaired) electrons. The van der Waals surface area contributed by atoms with Crippen molar-refractivity contribution in [2.45, 2.75) is 32.7 Å². The Morgan fingerprint density at radius 1 is 1.22 bits per heavy atom. The summed E-state index contributed by atoms with van der Waals surface area (Å²) in [6.07, 6.45) is 0. The van der Waals surface area contributed by atoms with E-state index in [9.17, 15) is 0 Å². The summed E-state index contributed by atoms with van der Waals surface area (Å²) in [4.78, 5) is 9.54. The molecule has 1 fully saturated rings. The zero-order valence-electron chi connectivity index (χ0n) is 11.5. The van der Waals surface area contributed by atoms with Crippen LogP contribution in [0.15, 0.2) is 12.1 Å². The van der Waals surface area contributed by atoms with E-state index in [1.165, 1.54) is 0 Å². The molecule has 0 spiro atoms. The molecule has 1 saturated heterocycles. The Kier molecular flexibility index (Phi) is 4.46. The van der Waals surface area contributed by atoms with Crippen molar-refractivity contribution in [2.75, 3.05) is 31.1 Å². The molecule has 1 aliphatic heterocycles. The predicted molar refractivity (Wildman–Crippen MR) is 77.5 cm³/mol. The quantitative estimate of drug-likeness (QED) is 0.785. The van der Waals surface area contributed by atoms with Crippen LogP contribution in [0, 0.1) is 6.92 Å². The maximum atomic E-state index is 5.86. The molecule has 2 heterocycles. The highest BCUT2D eigenvalue weighted by Crippen LogP contribution is 2.18. The van der Waals surface area contributed by atoms with Gasteiger partial charge < -0.3 is 4.90 Å². The monoisotopic (exact) mass is 267 g/mol. The average molecular weight is 268 g/mol. The minimum Gasteiger partial charge on any atom is -0.354 e. The van der Waals surface area contributed by atoms with Gasteiger partial charge in [0.05, 0.1) is 0 Å². The van der Waals surface area contributed by atoms with Gasteiger partial charge in [-0.3, -0.25) is 4.90 Å². The third-order valence-corrected chi connectivity index (χ3v) is 3.98. The number of aryl methyl sites for hydroxylation is 1. The molecule has 4 heteroatoms. The van der Waals surface area contributed by atoms with Crippen LogP contribution in [0.3, 0.4) is 0 Å². The second-order valence-corrected chi connectivity index (χ2v) is 5.43. The molecule has 0 unspecified atom stereocenters. The lowest BCUT2D eigenvalue weighted by Gasteiger charge is -2.37. The number of rotatable bonds is 3. The van der Waals surface area contributed by atoms with Gasteiger partial charge in [-0.2, -0.15) is 0 Å². The lowest BCUT2D eigenvalue weighted by molar-refractivity contribution is 0.209. The number of anilines is 1. The van der Waals surface area contributed by atoms with Gasteiger partial charge in [0.15, 0.2) is 0 Å². The van der Waals surface area contributed by atoms with E-state index in [2.05, 4.69) is 40.8 Å². The first kappa shape index (κ1) is 13.6. The highest BCUT2D eigenvalue weighted by atomic mass is 35.5. The third kappa shape index (κ3) is 2.96. The van der Waals surface area contributed by atoms with Gasteiger partial charge in [0, 0.05) is 43.8 Å². The third-order valence-electron chi connectivity index (χ3n) is 3.69. The fourth-order valence-electron chi connectivity index (χ4n) is 2.36. The summed E-state index contributed by atoms with van der Waals surface area (Å²) in [6, 6.07) is 4.83. The first-order chi connectivity index (χ1) is 8.61. The summed E-state index contributed by atoms with van der Waals surface area (Å²) in [5, 5.41) is 0. The maximum absolute atomic E-state index is 5.86. The number of hydrogen-bond donors (Lipinski definition) is 0. The van der Waals surface area contributed by atoms with Crippen LogP contribution in [0.25, 0.3) is 0 Å². The predicted octanol–water partition coefficient (Wildman–Crippen LogP) is 2.66. The van der Waals surface area contributed by atoms with E-state index in [1.54, 1.807) is 0 Å². The summed E-state index contributed by atoms with van der Waals surface area (Å²) in [7, 11) is 0. The summed E-state index contributed by atoms with van der Waals surface area (Å²) >= 11 is 5.86. The summed E-state index contributed by atoms with van der Waals surface area (Å²) in [5.41, 5.74) is 2.18. The molecular formula is C14H22ClN3. The largest absolute Gasteiger partial charge is 0.354 e. The van der Waals surface area contributed by atoms with Gasteiger partial charge in [0.1, 0.15) is 5.82 Å². The van der Waals surface area contributed by atoms with Crippen molar-refractivity contribution < 1.29 is 0 Å². The number of alkyl halides is 1. The fourth-order valence-corrected chi connectivity index (χ4v) is 2.64. The highest BCUT2D eigenvalue weighted by Gasteiger charge is 2.19. The number of aromatic nitrogens is 1. The zero-order valence-corrected chi connectivity index (χ0v) is 12.2. The van der Waals surface area contributed by atoms with Crippen molar-refractivity contribution in [3.05, 3.63) is 23.4 Å². The Morgan fingerprint density at radius 2 is 1.89 bits per heavy atom. The minimum atomic E-state index is 0.542. The first-order valence-electron chi connectivity index (χ1n) is 6.63. The Balaban J connectivity index is 2.03. The zero-order chi connectivity index (χ0) is 13.1. The number of piperazine rings is 1. The van der Waals surface area contributed by atoms with Crippen LogP contribution < -0.4 is 4.90 Å². The van der Waals surface area contributed by atoms with Crippen molar-refractivity contribution in [3.63, 3.8) is 0 Å². The lowest BCUT2D eigenvalue weighted by atomic mass is 10.2. The first-order valence-corrected chi connectivity index (χ1v) is 7.16. The van der Waals surface area contributed by atoms with Gasteiger partial charge in [0.2, 0.25) is 0 Å². The second kappa shape index (κ2) is 5.89. The van der Waals surface area contributed by atoms with Gasteiger partial charge in [-0.15, -0.1) is 11.6 Å². The van der Waals surface area contributed by atoms with Crippen molar-refractivity contribution in [1.82, 2.24) is 9.88 Å². The van der Waals surface area contributed by atoms with Gasteiger partial charge >= 0.3 is 0 Å². The molecule has 0 aromatic carbocycles. The van der Waals surface area contributed by atoms with Crippen LogP contribution in [0.2, 0.25) is 0 Å². The molecule has 100 valence electrons. The van der Waals surface area contributed by atoms with Crippen LogP contribution >= 0.6 is 11.6 Å². The number of pyridine rings is 1. The summed E-state index contributed by atoms with van der Waals surface area (Å²) < 4.78 is 0. The molecule has 1 aliphatic rings. The second-order valence-electron chi connectivity index (χ2n) is 5.16. The van der Waals surface area contributed by atoms with E-state index in [0.717, 1.165) is 43.3 Å². The van der Waals surface area contributed by atoms with Crippen LogP contribution in [0.5, 0.6) is 0 Å². The molecule has 0 aliphatic carbocycles. The number of nitrogens with zero attached hydrogens (tertiary/aromatic N) is 3. The molecule has 18 heavy (non-hydrogen) atoms. The summed E-state index contributed by atoms with van der Waals surface area (Å²) in [6.45, 7) is 10.9. The van der Waals surface area contributed by atoms with E-state index in [-0.39, 0.29) is 0 Å². The van der Waals surface area contributed by atoms with E-state index in [1.807, 2.05) is 6.92 Å². The number of hydrogen-bond acceptors (Lipinski definition) is 3. The highest BCUT2D eigenvalue weighted by molar-refractivity contribution is 6.17. The molecule has 2 rings (SSSR count). The van der Waals surface area contributed by atoms with Gasteiger partial charge in [0.25, 0.3) is 0 Å². The molecule has 0 N–H and O–H groups in total. The van der Waals surface area contributed by atoms with Crippen molar-refractivity contribution in [3.8, 4) is 0 Å². The van der Waals surface area contributed by atoms with Gasteiger partial charge in [-0.1, -0.05) is 6.07 Å². The topological polar surface area (TPSA) is 19.4 Å². The Labute approximate surface area is 115 Å². The van der Waals surface area contributed by atoms with Crippen LogP contribution in [-0.4, -0.2) is 42.1 Å². The molecule has 0 saturated carbocycles. The average Bonchev–Trinajstić information content (AvgIpc) is 2.38. The Morgan fingerprint density at radius 3 is 2.39 bits per heavy atom. The number of halogens is 1. The molecule has 3 nitrogen and oxygen atoms in total. The van der Waals surface area contributed by atoms with E-state index in [0.29, 0.717) is 11.9 Å². The molecular weight excluding hydrogens is 246 g/mol. The minimum absolute atomic E-state index is 0.542. The summed E-state index contributed by atoms with van der Waals surface area (Å²) in [5.74, 6) is 1.63. The lowest BCUT2D eigenvalue weighted by Crippen LogP contribution is -2.49. The van der Waals surface area contributed by atoms with Crippen molar-refractivity contribution in [2.24, 2.45) is 0 Å². The molecule has 1 aromatic heterocycles. The van der Waals surface area contributed by atoms with Crippen molar-refractivity contribution in [1.29, 1.82) is 0 Å². The van der Waals surface area contributed by atoms with E-state index >= 15 is 0 Å². The standard InChI is InChI=1S/C14H22ClN3/c1-11(2)17-6-8-18(9-7-17)14-5-4-13(10-15)12(3)16-14/h4-5,11H,6-10H2,1-3H3. The fraction of sp³-hybridized carbons (Fsp3) is 0.643. The molecule has 0 atom stereocenters. The Bertz CT molecular complexity index is 398. The van der Waals surface area contributed by atoms with Gasteiger partial charge in [-0.25, -0.2) is 4.98 Å². The Hall–Kier alpha value is -0.800. The smallest absolute Gasteiger partial charge is 0.128 e. The van der Waals surface area contributed by atoms with E-state index in [4.69, 9.17) is 11.6 Å². The molecule has 0 amide bonds. The van der Waals surface area contributed by atoms with Crippen LogP contribution in [-0.2, 0) is 5.88 Å². The normalized spacial score (nSPS) is 17.5. The maximum Gasteiger partial charge on any atom is 0.128 e. The SMILES string of the molecule is Cc1nc(N2CCN(C(C)C)CC2)ccc1CCl. The van der Waals surface area contributed by atoms with Gasteiger partial charge in [-0.05, 0) is 32.4 Å². The molecule has 1 aromatic rings. The van der Waals surface area contributed by atoms with Crippen molar-refractivity contribution >= 4 is 17.4 Å².